The SMILES string of the molecule is Cc1cccc(C)c1N(CCCN1C(=O)c2ccccc2C1=O)C1=CC2[OH+]c3cc(N(C)CCCN(C)c4ccc5c(-c6ccccc6S(=O)(=O)[O-])c6ccc(N(CCCN7C(=O)c8ccccc8C7=O)c7c(C)cccc7C)cc6[o+]c5c4)ccc3C(c3ccccc3S(=O)(=O)[O-])=C2C=C1. The molecule has 0 fully saturated rings. The molecule has 0 spiro atoms. The topological polar surface area (TPSA) is 226 Å². The number of aromatic hydroxyl groups is 1. The van der Waals surface area contributed by atoms with Crippen LogP contribution in [0, 0.1) is 27.7 Å². The first-order valence-electron chi connectivity index (χ1n) is 33.5. The molecule has 1 N–H and O–H groups in total. The largest absolute Gasteiger partial charge is 0.744 e. The Bertz CT molecular complexity index is 5340. The number of allylic oxidation sites excluding steroid dienone is 1. The standard InChI is InChI=1S/C81H72N6O12S2/c1-50-20-15-21-51(2)76(50)84(42-18-44-86-78(88)58-24-7-8-25-59(58)79(86)89)56-34-38-64-70(48-56)98-68-46-54(32-36-62(68)74(64)66-28-11-13-30-72(66)100(92,93)94)82(5)40-17-41-83(6)55-33-37-63-69(47-55)99-71-49-57(35-39-65(71)75(63)67-29-12-14-31-73(67)101(95,96)97)85(77-52(3)22-16-23-53(77)4)43-19-45-87-80(90)60-26-9-10-27-61(60)81(87)91/h7-16,20-39,46-49,70H,17-19,40-45H2,1-6H3,(H-,92,93,94,95,96,97). The normalized spacial score (nSPS) is 14.9. The van der Waals surface area contributed by atoms with Crippen LogP contribution in [0.2, 0.25) is 0 Å². The number of carbonyl (C=O) groups is 4. The number of imide groups is 2. The molecule has 18 nitrogen and oxygen atoms in total. The fraction of sp³-hybridized carbons (Fsp3) is 0.198. The van der Waals surface area contributed by atoms with Crippen LogP contribution < -0.4 is 19.6 Å². The van der Waals surface area contributed by atoms with Crippen LogP contribution in [-0.2, 0) is 20.2 Å². The Kier molecular flexibility index (Phi) is 17.9. The number of anilines is 5. The molecule has 4 aliphatic rings. The van der Waals surface area contributed by atoms with Crippen LogP contribution in [0.5, 0.6) is 5.75 Å². The van der Waals surface area contributed by atoms with Gasteiger partial charge in [0.05, 0.1) is 77.8 Å². The van der Waals surface area contributed by atoms with Crippen LogP contribution in [0.4, 0.5) is 28.4 Å². The van der Waals surface area contributed by atoms with Crippen molar-refractivity contribution < 1.29 is 54.3 Å². The number of aryl methyl sites for hydroxylation is 4. The van der Waals surface area contributed by atoms with E-state index in [2.05, 4.69) is 19.6 Å². The fourth-order valence-corrected chi connectivity index (χ4v) is 16.2. The van der Waals surface area contributed by atoms with E-state index in [0.717, 1.165) is 56.4 Å². The predicted molar refractivity (Wildman–Crippen MR) is 391 cm³/mol. The van der Waals surface area contributed by atoms with E-state index in [1.165, 1.54) is 34.1 Å². The molecule has 0 saturated heterocycles. The summed E-state index contributed by atoms with van der Waals surface area (Å²) in [6.07, 6.45) is 6.86. The Morgan fingerprint density at radius 3 is 1.39 bits per heavy atom. The Labute approximate surface area is 586 Å². The average molecular weight is 1390 g/mol. The van der Waals surface area contributed by atoms with Crippen LogP contribution in [0.15, 0.2) is 232 Å². The number of carbonyl (C=O) groups excluding carboxylic acids is 4. The minimum absolute atomic E-state index is 0.180. The number of benzene rings is 9. The van der Waals surface area contributed by atoms with Gasteiger partial charge in [0.1, 0.15) is 20.2 Å². The number of ether oxygens (including phenoxy) is 1. The van der Waals surface area contributed by atoms with Crippen molar-refractivity contribution in [3.8, 4) is 16.9 Å². The lowest BCUT2D eigenvalue weighted by molar-refractivity contribution is 0.0376. The molecule has 14 rings (SSSR count). The van der Waals surface area contributed by atoms with Crippen LogP contribution in [0.25, 0.3) is 38.6 Å². The Morgan fingerprint density at radius 2 is 0.871 bits per heavy atom. The molecule has 1 atom stereocenters. The molecule has 4 heterocycles. The molecular weight excluding hydrogens is 1310 g/mol. The van der Waals surface area contributed by atoms with Gasteiger partial charge in [-0.1, -0.05) is 97.1 Å². The van der Waals surface area contributed by atoms with E-state index in [4.69, 9.17) is 9.15 Å². The van der Waals surface area contributed by atoms with E-state index in [-0.39, 0.29) is 57.6 Å². The second kappa shape index (κ2) is 26.9. The Hall–Kier alpha value is -11.0. The van der Waals surface area contributed by atoms with Crippen LogP contribution >= 0.6 is 0 Å². The molecule has 3 aliphatic heterocycles. The molecule has 0 saturated carbocycles. The lowest BCUT2D eigenvalue weighted by Crippen LogP contribution is -2.34. The maximum absolute atomic E-state index is 13.5. The summed E-state index contributed by atoms with van der Waals surface area (Å²) in [6.45, 7) is 10.5. The fourth-order valence-electron chi connectivity index (χ4n) is 14.8. The summed E-state index contributed by atoms with van der Waals surface area (Å²) in [5.74, 6) is -0.703. The van der Waals surface area contributed by atoms with Gasteiger partial charge in [0.25, 0.3) is 29.4 Å². The molecule has 1 unspecified atom stereocenters. The lowest BCUT2D eigenvalue weighted by Gasteiger charge is -2.34. The van der Waals surface area contributed by atoms with Crippen molar-refractivity contribution in [3.05, 3.63) is 273 Å². The van der Waals surface area contributed by atoms with Gasteiger partial charge in [0.2, 0.25) is 6.10 Å². The molecule has 4 amide bonds. The van der Waals surface area contributed by atoms with Crippen molar-refractivity contribution in [2.45, 2.75) is 62.9 Å². The van der Waals surface area contributed by atoms with Crippen molar-refractivity contribution in [2.75, 3.05) is 73.0 Å². The molecule has 1 aliphatic carbocycles. The van der Waals surface area contributed by atoms with E-state index in [1.807, 2.05) is 151 Å². The molecule has 0 bridgehead atoms. The van der Waals surface area contributed by atoms with Gasteiger partial charge in [-0.15, -0.1) is 0 Å². The zero-order chi connectivity index (χ0) is 70.8. The highest BCUT2D eigenvalue weighted by Crippen LogP contribution is 2.48. The minimum Gasteiger partial charge on any atom is -0.744 e. The quantitative estimate of drug-likeness (QED) is 0.0266. The molecule has 101 heavy (non-hydrogen) atoms. The summed E-state index contributed by atoms with van der Waals surface area (Å²) < 4.78 is 90.7. The third kappa shape index (κ3) is 12.6. The van der Waals surface area contributed by atoms with E-state index in [1.54, 1.807) is 72.8 Å². The third-order valence-corrected chi connectivity index (χ3v) is 21.4. The van der Waals surface area contributed by atoms with Gasteiger partial charge in [-0.2, -0.15) is 0 Å². The molecule has 1 aromatic heterocycles. The summed E-state index contributed by atoms with van der Waals surface area (Å²) in [7, 11) is -5.94. The highest BCUT2D eigenvalue weighted by molar-refractivity contribution is 7.86. The maximum atomic E-state index is 13.5. The van der Waals surface area contributed by atoms with Gasteiger partial charge in [-0.05, 0) is 154 Å². The summed E-state index contributed by atoms with van der Waals surface area (Å²) in [5.41, 5.74) is 14.4. The summed E-state index contributed by atoms with van der Waals surface area (Å²) in [5, 5.41) is 1.15. The molecule has 0 radical (unpaired) electrons. The molecule has 10 aromatic rings. The number of hydrogen-bond acceptors (Lipinski definition) is 14. The van der Waals surface area contributed by atoms with E-state index < -0.39 is 26.3 Å². The summed E-state index contributed by atoms with van der Waals surface area (Å²) in [4.78, 5) is 64.3. The van der Waals surface area contributed by atoms with Crippen molar-refractivity contribution in [1.29, 1.82) is 0 Å². The van der Waals surface area contributed by atoms with Crippen LogP contribution in [0.3, 0.4) is 0 Å². The van der Waals surface area contributed by atoms with Crippen molar-refractivity contribution in [2.24, 2.45) is 0 Å². The predicted octanol–water partition coefficient (Wildman–Crippen LogP) is 14.4. The van der Waals surface area contributed by atoms with E-state index in [9.17, 15) is 45.1 Å². The number of amides is 4. The van der Waals surface area contributed by atoms with Gasteiger partial charge in [0.15, 0.2) is 0 Å². The average Bonchev–Trinajstić information content (AvgIpc) is 1.35. The molecular formula is C81H72N6O12S2. The smallest absolute Gasteiger partial charge is 0.363 e. The highest BCUT2D eigenvalue weighted by atomic mass is 32.2. The molecule has 9 aromatic carbocycles. The molecule has 510 valence electrons. The zero-order valence-electron chi connectivity index (χ0n) is 56.5. The second-order valence-corrected chi connectivity index (χ2v) is 28.8. The first-order chi connectivity index (χ1) is 48.5. The number of fused-ring (bicyclic) bond motifs is 6. The van der Waals surface area contributed by atoms with Gasteiger partial charge < -0.3 is 33.4 Å². The van der Waals surface area contributed by atoms with Crippen LogP contribution in [-0.4, -0.2) is 124 Å². The summed E-state index contributed by atoms with van der Waals surface area (Å²) >= 11 is 0. The highest BCUT2D eigenvalue weighted by Gasteiger charge is 2.39. The number of hydrogen-bond donors (Lipinski definition) is 0. The number of nitrogens with zero attached hydrogens (tertiary/aromatic N) is 6. The minimum atomic E-state index is -4.96. The van der Waals surface area contributed by atoms with Gasteiger partial charge in [-0.25, -0.2) is 21.3 Å². The maximum Gasteiger partial charge on any atom is 0.363 e. The summed E-state index contributed by atoms with van der Waals surface area (Å²) in [6, 6.07) is 55.5. The van der Waals surface area contributed by atoms with Gasteiger partial charge in [-0.3, -0.25) is 29.0 Å². The monoisotopic (exact) mass is 1380 g/mol. The Morgan fingerprint density at radius 1 is 0.446 bits per heavy atom. The van der Waals surface area contributed by atoms with E-state index in [0.29, 0.717) is 118 Å². The number of rotatable bonds is 22. The number of para-hydroxylation sites is 2. The second-order valence-electron chi connectivity index (χ2n) is 26.1. The van der Waals surface area contributed by atoms with Crippen molar-refractivity contribution in [3.63, 3.8) is 0 Å². The Balaban J connectivity index is 0.747. The molecule has 20 heteroatoms. The zero-order valence-corrected chi connectivity index (χ0v) is 58.1. The third-order valence-electron chi connectivity index (χ3n) is 19.6. The van der Waals surface area contributed by atoms with Crippen molar-refractivity contribution in [1.82, 2.24) is 9.80 Å². The lowest BCUT2D eigenvalue weighted by atomic mass is 9.85. The van der Waals surface area contributed by atoms with E-state index >= 15 is 0 Å². The van der Waals surface area contributed by atoms with Gasteiger partial charge >= 0.3 is 11.2 Å². The van der Waals surface area contributed by atoms with Crippen molar-refractivity contribution >= 4 is 99.8 Å². The number of aliphatic hydroxyl groups is 1. The first-order valence-corrected chi connectivity index (χ1v) is 36.3. The first kappa shape index (κ1) is 67.2. The van der Waals surface area contributed by atoms with Crippen LogP contribution in [0.1, 0.15) is 94.1 Å². The van der Waals surface area contributed by atoms with Gasteiger partial charge in [0, 0.05) is 110 Å².